The van der Waals surface area contributed by atoms with Gasteiger partial charge in [0.2, 0.25) is 0 Å². The van der Waals surface area contributed by atoms with Crippen LogP contribution in [0.25, 0.3) is 11.5 Å². The Labute approximate surface area is 127 Å². The van der Waals surface area contributed by atoms with E-state index in [2.05, 4.69) is 58.6 Å². The number of hydrogen-bond acceptors (Lipinski definition) is 4. The average molecular weight is 368 g/mol. The Kier molecular flexibility index (Phi) is 4.03. The maximum atomic E-state index is 4.70. The molecule has 2 aromatic rings. The van der Waals surface area contributed by atoms with Gasteiger partial charge < -0.3 is 5.32 Å². The first-order valence-electron chi connectivity index (χ1n) is 6.10. The van der Waals surface area contributed by atoms with Gasteiger partial charge in [0.25, 0.3) is 0 Å². The van der Waals surface area contributed by atoms with Crippen LogP contribution in [0.4, 0.5) is 5.82 Å². The first-order chi connectivity index (χ1) is 8.93. The van der Waals surface area contributed by atoms with Gasteiger partial charge in [-0.3, -0.25) is 4.98 Å². The topological polar surface area (TPSA) is 50.7 Å². The van der Waals surface area contributed by atoms with Gasteiger partial charge in [-0.1, -0.05) is 26.8 Å². The van der Waals surface area contributed by atoms with Crippen LogP contribution < -0.4 is 5.32 Å². The van der Waals surface area contributed by atoms with Crippen LogP contribution >= 0.6 is 22.6 Å². The highest BCUT2D eigenvalue weighted by molar-refractivity contribution is 14.1. The largest absolute Gasteiger partial charge is 0.372 e. The molecule has 0 aliphatic heterocycles. The second kappa shape index (κ2) is 5.40. The van der Waals surface area contributed by atoms with Gasteiger partial charge >= 0.3 is 0 Å². The summed E-state index contributed by atoms with van der Waals surface area (Å²) in [5, 5.41) is 3.13. The van der Waals surface area contributed by atoms with Crippen LogP contribution in [-0.4, -0.2) is 22.0 Å². The van der Waals surface area contributed by atoms with Crippen molar-refractivity contribution in [3.05, 3.63) is 33.7 Å². The van der Waals surface area contributed by atoms with Crippen LogP contribution in [0.2, 0.25) is 0 Å². The van der Waals surface area contributed by atoms with Crippen molar-refractivity contribution < 1.29 is 0 Å². The molecule has 100 valence electrons. The zero-order valence-corrected chi connectivity index (χ0v) is 13.7. The van der Waals surface area contributed by atoms with Crippen LogP contribution in [0.3, 0.4) is 0 Å². The third-order valence-electron chi connectivity index (χ3n) is 2.69. The quantitative estimate of drug-likeness (QED) is 0.825. The third kappa shape index (κ3) is 3.02. The molecule has 2 rings (SSSR count). The number of aromatic nitrogens is 3. The summed E-state index contributed by atoms with van der Waals surface area (Å²) in [7, 11) is 1.87. The van der Waals surface area contributed by atoms with Crippen molar-refractivity contribution in [1.82, 2.24) is 15.0 Å². The van der Waals surface area contributed by atoms with Crippen molar-refractivity contribution in [2.75, 3.05) is 12.4 Å². The number of rotatable bonds is 2. The average Bonchev–Trinajstić information content (AvgIpc) is 2.38. The molecule has 0 spiro atoms. The summed E-state index contributed by atoms with van der Waals surface area (Å²) >= 11 is 2.29. The zero-order chi connectivity index (χ0) is 14.0. The van der Waals surface area contributed by atoms with Gasteiger partial charge in [-0.2, -0.15) is 0 Å². The Balaban J connectivity index is 2.65. The standard InChI is InChI=1S/C14H17IN4/c1-14(2,3)11-10(15)13(16-4)19-12(18-11)9-7-5-6-8-17-9/h5-8H,1-4H3,(H,16,18,19). The lowest BCUT2D eigenvalue weighted by Crippen LogP contribution is -2.18. The second-order valence-electron chi connectivity index (χ2n) is 5.27. The Bertz CT molecular complexity index is 576. The van der Waals surface area contributed by atoms with E-state index in [1.807, 2.05) is 25.2 Å². The minimum absolute atomic E-state index is 0.0331. The minimum atomic E-state index is -0.0331. The predicted molar refractivity (Wildman–Crippen MR) is 86.2 cm³/mol. The molecule has 0 bridgehead atoms. The normalized spacial score (nSPS) is 11.4. The fraction of sp³-hybridized carbons (Fsp3) is 0.357. The lowest BCUT2D eigenvalue weighted by molar-refractivity contribution is 0.564. The van der Waals surface area contributed by atoms with Crippen LogP contribution in [-0.2, 0) is 5.41 Å². The molecule has 0 aliphatic rings. The maximum Gasteiger partial charge on any atom is 0.180 e. The third-order valence-corrected chi connectivity index (χ3v) is 3.71. The highest BCUT2D eigenvalue weighted by Crippen LogP contribution is 2.30. The van der Waals surface area contributed by atoms with Crippen LogP contribution in [0.5, 0.6) is 0 Å². The number of halogens is 1. The van der Waals surface area contributed by atoms with Crippen molar-refractivity contribution in [3.8, 4) is 11.5 Å². The second-order valence-corrected chi connectivity index (χ2v) is 6.35. The molecule has 1 N–H and O–H groups in total. The fourth-order valence-electron chi connectivity index (χ4n) is 1.72. The van der Waals surface area contributed by atoms with Gasteiger partial charge in [-0.25, -0.2) is 9.97 Å². The predicted octanol–water partition coefficient (Wildman–Crippen LogP) is 3.48. The highest BCUT2D eigenvalue weighted by Gasteiger charge is 2.23. The molecule has 0 atom stereocenters. The van der Waals surface area contributed by atoms with E-state index in [-0.39, 0.29) is 5.41 Å². The molecule has 4 nitrogen and oxygen atoms in total. The summed E-state index contributed by atoms with van der Waals surface area (Å²) in [6.45, 7) is 6.46. The van der Waals surface area contributed by atoms with Crippen LogP contribution in [0, 0.1) is 3.57 Å². The van der Waals surface area contributed by atoms with Crippen LogP contribution in [0.15, 0.2) is 24.4 Å². The fourth-order valence-corrected chi connectivity index (χ4v) is 3.04. The Morgan fingerprint density at radius 2 is 1.89 bits per heavy atom. The molecule has 19 heavy (non-hydrogen) atoms. The monoisotopic (exact) mass is 368 g/mol. The van der Waals surface area contributed by atoms with Gasteiger partial charge in [0.1, 0.15) is 11.5 Å². The van der Waals surface area contributed by atoms with Crippen molar-refractivity contribution in [1.29, 1.82) is 0 Å². The van der Waals surface area contributed by atoms with E-state index < -0.39 is 0 Å². The van der Waals surface area contributed by atoms with Gasteiger partial charge in [0.05, 0.1) is 9.26 Å². The molecule has 0 unspecified atom stereocenters. The summed E-state index contributed by atoms with van der Waals surface area (Å²) in [6, 6.07) is 5.76. The molecule has 0 aliphatic carbocycles. The number of anilines is 1. The summed E-state index contributed by atoms with van der Waals surface area (Å²) in [6.07, 6.45) is 1.76. The van der Waals surface area contributed by atoms with Gasteiger partial charge in [0, 0.05) is 18.7 Å². The van der Waals surface area contributed by atoms with E-state index in [0.29, 0.717) is 5.82 Å². The SMILES string of the molecule is CNc1nc(-c2ccccn2)nc(C(C)(C)C)c1I. The Morgan fingerprint density at radius 1 is 1.16 bits per heavy atom. The van der Waals surface area contributed by atoms with Crippen molar-refractivity contribution in [2.24, 2.45) is 0 Å². The summed E-state index contributed by atoms with van der Waals surface area (Å²) in [5.74, 6) is 1.51. The molecule has 0 saturated carbocycles. The molecular formula is C14H17IN4. The van der Waals surface area contributed by atoms with E-state index in [1.54, 1.807) is 6.20 Å². The smallest absolute Gasteiger partial charge is 0.180 e. The molecule has 0 amide bonds. The van der Waals surface area contributed by atoms with E-state index in [0.717, 1.165) is 20.8 Å². The maximum absolute atomic E-state index is 4.70. The first kappa shape index (κ1) is 14.2. The van der Waals surface area contributed by atoms with Crippen molar-refractivity contribution in [3.63, 3.8) is 0 Å². The number of nitrogens with one attached hydrogen (secondary N) is 1. The van der Waals surface area contributed by atoms with Gasteiger partial charge in [-0.15, -0.1) is 0 Å². The molecule has 0 aromatic carbocycles. The summed E-state index contributed by atoms with van der Waals surface area (Å²) in [5.41, 5.74) is 1.79. The molecule has 0 fully saturated rings. The molecule has 2 aromatic heterocycles. The lowest BCUT2D eigenvalue weighted by atomic mass is 9.92. The van der Waals surface area contributed by atoms with E-state index in [9.17, 15) is 0 Å². The van der Waals surface area contributed by atoms with E-state index in [1.165, 1.54) is 0 Å². The van der Waals surface area contributed by atoms with Gasteiger partial charge in [0.15, 0.2) is 5.82 Å². The van der Waals surface area contributed by atoms with Crippen molar-refractivity contribution >= 4 is 28.4 Å². The van der Waals surface area contributed by atoms with E-state index >= 15 is 0 Å². The summed E-state index contributed by atoms with van der Waals surface area (Å²) < 4.78 is 1.06. The van der Waals surface area contributed by atoms with Crippen molar-refractivity contribution in [2.45, 2.75) is 26.2 Å². The number of pyridine rings is 1. The summed E-state index contributed by atoms with van der Waals surface area (Å²) in [4.78, 5) is 13.6. The highest BCUT2D eigenvalue weighted by atomic mass is 127. The first-order valence-corrected chi connectivity index (χ1v) is 7.18. The molecule has 0 radical (unpaired) electrons. The molecule has 2 heterocycles. The number of nitrogens with zero attached hydrogens (tertiary/aromatic N) is 3. The van der Waals surface area contributed by atoms with Gasteiger partial charge in [-0.05, 0) is 34.7 Å². The molecule has 5 heteroatoms. The Morgan fingerprint density at radius 3 is 2.42 bits per heavy atom. The lowest BCUT2D eigenvalue weighted by Gasteiger charge is -2.21. The minimum Gasteiger partial charge on any atom is -0.372 e. The van der Waals surface area contributed by atoms with E-state index in [4.69, 9.17) is 4.98 Å². The zero-order valence-electron chi connectivity index (χ0n) is 11.5. The number of hydrogen-bond donors (Lipinski definition) is 1. The van der Waals surface area contributed by atoms with Crippen LogP contribution in [0.1, 0.15) is 26.5 Å². The molecule has 0 saturated heterocycles. The molecular weight excluding hydrogens is 351 g/mol. The Hall–Kier alpha value is -1.24.